The number of hydrogen-bond donors (Lipinski definition) is 1. The summed E-state index contributed by atoms with van der Waals surface area (Å²) in [6.07, 6.45) is 10.6. The molecule has 6 heteroatoms. The number of carbonyl (C=O) groups is 2. The van der Waals surface area contributed by atoms with Crippen molar-refractivity contribution in [2.24, 2.45) is 11.3 Å². The Bertz CT molecular complexity index is 1290. The summed E-state index contributed by atoms with van der Waals surface area (Å²) in [6, 6.07) is 8.75. The number of methoxy groups -OCH3 is 2. The average molecular weight is 519 g/mol. The zero-order chi connectivity index (χ0) is 27.7. The largest absolute Gasteiger partial charge is 0.495 e. The van der Waals surface area contributed by atoms with Crippen molar-refractivity contribution in [1.82, 2.24) is 0 Å². The third-order valence-corrected chi connectivity index (χ3v) is 7.95. The molecule has 2 atom stereocenters. The highest BCUT2D eigenvalue weighted by Crippen LogP contribution is 2.52. The second kappa shape index (κ2) is 10.7. The van der Waals surface area contributed by atoms with E-state index in [-0.39, 0.29) is 39.7 Å². The van der Waals surface area contributed by atoms with Gasteiger partial charge in [-0.2, -0.15) is 0 Å². The van der Waals surface area contributed by atoms with Gasteiger partial charge in [-0.25, -0.2) is 4.79 Å². The van der Waals surface area contributed by atoms with Gasteiger partial charge >= 0.3 is 5.97 Å². The van der Waals surface area contributed by atoms with Gasteiger partial charge in [0.15, 0.2) is 5.75 Å². The van der Waals surface area contributed by atoms with Crippen molar-refractivity contribution < 1.29 is 28.9 Å². The molecule has 2 aromatic carbocycles. The van der Waals surface area contributed by atoms with Crippen molar-refractivity contribution in [3.63, 3.8) is 0 Å². The van der Waals surface area contributed by atoms with Gasteiger partial charge in [-0.1, -0.05) is 68.0 Å². The Morgan fingerprint density at radius 3 is 2.32 bits per heavy atom. The van der Waals surface area contributed by atoms with Crippen LogP contribution in [0.15, 0.2) is 54.1 Å². The Morgan fingerprint density at radius 2 is 1.68 bits per heavy atom. The van der Waals surface area contributed by atoms with Gasteiger partial charge < -0.3 is 19.3 Å². The summed E-state index contributed by atoms with van der Waals surface area (Å²) in [6.45, 7) is 8.65. The second-order valence-electron chi connectivity index (χ2n) is 11.3. The number of benzene rings is 2. The molecule has 202 valence electrons. The number of allylic oxidation sites excluding steroid dienone is 3. The van der Waals surface area contributed by atoms with Crippen LogP contribution in [-0.2, 0) is 6.42 Å². The maximum Gasteiger partial charge on any atom is 0.343 e. The van der Waals surface area contributed by atoms with Crippen LogP contribution >= 0.6 is 0 Å². The second-order valence-corrected chi connectivity index (χ2v) is 11.3. The van der Waals surface area contributed by atoms with Crippen LogP contribution in [0.2, 0.25) is 0 Å². The highest BCUT2D eigenvalue weighted by atomic mass is 16.5. The first kappa shape index (κ1) is 27.5. The molecule has 1 N–H and O–H groups in total. The molecule has 0 saturated carbocycles. The van der Waals surface area contributed by atoms with Crippen molar-refractivity contribution in [2.75, 3.05) is 14.2 Å². The Kier molecular flexibility index (Phi) is 7.73. The average Bonchev–Trinajstić information content (AvgIpc) is 2.90. The lowest BCUT2D eigenvalue weighted by atomic mass is 9.74. The van der Waals surface area contributed by atoms with Gasteiger partial charge in [0.1, 0.15) is 28.2 Å². The van der Waals surface area contributed by atoms with E-state index in [0.29, 0.717) is 29.7 Å². The lowest BCUT2D eigenvalue weighted by Gasteiger charge is -2.43. The zero-order valence-electron chi connectivity index (χ0n) is 23.2. The number of carbonyl (C=O) groups excluding carboxylic acids is 1. The topological polar surface area (TPSA) is 82.1 Å². The first-order chi connectivity index (χ1) is 18.0. The molecule has 2 unspecified atom stereocenters. The molecule has 0 saturated heterocycles. The lowest BCUT2D eigenvalue weighted by molar-refractivity contribution is 0.00562. The third-order valence-electron chi connectivity index (χ3n) is 7.95. The number of carboxylic acids is 1. The Labute approximate surface area is 225 Å². The monoisotopic (exact) mass is 518 g/mol. The van der Waals surface area contributed by atoms with Gasteiger partial charge in [0, 0.05) is 23.5 Å². The van der Waals surface area contributed by atoms with Crippen molar-refractivity contribution in [1.29, 1.82) is 0 Å². The van der Waals surface area contributed by atoms with E-state index in [1.807, 2.05) is 6.07 Å². The number of fused-ring (bicyclic) bond motifs is 2. The fraction of sp³-hybridized carbons (Fsp3) is 0.438. The fourth-order valence-electron chi connectivity index (χ4n) is 5.61. The molecule has 0 fully saturated rings. The minimum atomic E-state index is -1.21. The van der Waals surface area contributed by atoms with Gasteiger partial charge in [0.2, 0.25) is 5.78 Å². The standard InChI is InChI=1S/C32H38O6/c1-20-13-14-22-19-23-27(36-5)24(26(33)21-11-8-7-9-12-21)29(37-6)25(30(34)35)28(23)38-32(22,4)17-10-16-31(2,3)18-15-20/h7-12,15-16,22H,13-14,17-19H2,1-6H3,(H,34,35)/b16-10+,20-15+. The van der Waals surface area contributed by atoms with E-state index in [0.717, 1.165) is 19.3 Å². The van der Waals surface area contributed by atoms with E-state index in [9.17, 15) is 14.7 Å². The third kappa shape index (κ3) is 5.22. The first-order valence-electron chi connectivity index (χ1n) is 13.2. The molecule has 1 heterocycles. The summed E-state index contributed by atoms with van der Waals surface area (Å²) in [5.41, 5.74) is 1.69. The highest BCUT2D eigenvalue weighted by Gasteiger charge is 2.45. The number of carboxylic acid groups (broad SMARTS) is 1. The van der Waals surface area contributed by atoms with E-state index >= 15 is 0 Å². The van der Waals surface area contributed by atoms with Gasteiger partial charge in [-0.15, -0.1) is 0 Å². The normalized spacial score (nSPS) is 24.8. The van der Waals surface area contributed by atoms with Crippen LogP contribution in [0.4, 0.5) is 0 Å². The lowest BCUT2D eigenvalue weighted by Crippen LogP contribution is -2.45. The maximum atomic E-state index is 13.7. The van der Waals surface area contributed by atoms with Crippen molar-refractivity contribution in [2.45, 2.75) is 65.4 Å². The van der Waals surface area contributed by atoms with E-state index in [4.69, 9.17) is 14.2 Å². The van der Waals surface area contributed by atoms with E-state index < -0.39 is 11.6 Å². The van der Waals surface area contributed by atoms with E-state index in [1.54, 1.807) is 24.3 Å². The van der Waals surface area contributed by atoms with Crippen LogP contribution in [-0.4, -0.2) is 36.7 Å². The van der Waals surface area contributed by atoms with Crippen LogP contribution in [0.25, 0.3) is 0 Å². The molecule has 0 bridgehead atoms. The molecule has 1 aliphatic carbocycles. The number of rotatable bonds is 5. The van der Waals surface area contributed by atoms with Crippen molar-refractivity contribution in [3.05, 3.63) is 76.4 Å². The fourth-order valence-corrected chi connectivity index (χ4v) is 5.61. The number of hydrogen-bond acceptors (Lipinski definition) is 5. The summed E-state index contributed by atoms with van der Waals surface area (Å²) in [5, 5.41) is 10.4. The van der Waals surface area contributed by atoms with E-state index in [2.05, 4.69) is 45.9 Å². The van der Waals surface area contributed by atoms with Crippen LogP contribution in [0.1, 0.15) is 85.2 Å². The van der Waals surface area contributed by atoms with Crippen molar-refractivity contribution in [3.8, 4) is 17.2 Å². The summed E-state index contributed by atoms with van der Waals surface area (Å²) in [5.74, 6) is -0.995. The quantitative estimate of drug-likeness (QED) is 0.337. The van der Waals surface area contributed by atoms with Crippen molar-refractivity contribution >= 4 is 11.8 Å². The molecular weight excluding hydrogens is 480 g/mol. The van der Waals surface area contributed by atoms with Crippen LogP contribution in [0, 0.1) is 11.3 Å². The molecule has 0 amide bonds. The van der Waals surface area contributed by atoms with Crippen LogP contribution in [0.3, 0.4) is 0 Å². The van der Waals surface area contributed by atoms with Gasteiger partial charge in [-0.05, 0) is 44.9 Å². The smallest absolute Gasteiger partial charge is 0.343 e. The SMILES string of the molecule is COc1c2c(c(C(=O)O)c(OC)c1C(=O)c1ccccc1)OC1(C)C/C=C/C(C)(C)C/C=C(\C)CCC1C2. The predicted octanol–water partition coefficient (Wildman–Crippen LogP) is 7.05. The minimum absolute atomic E-state index is 0.00932. The Balaban J connectivity index is 1.93. The summed E-state index contributed by atoms with van der Waals surface area (Å²) in [7, 11) is 2.87. The molecule has 1 aliphatic heterocycles. The van der Waals surface area contributed by atoms with Gasteiger partial charge in [0.05, 0.1) is 14.2 Å². The molecule has 6 nitrogen and oxygen atoms in total. The zero-order valence-corrected chi connectivity index (χ0v) is 23.2. The Hall–Kier alpha value is -3.54. The number of ether oxygens (including phenoxy) is 3. The molecule has 38 heavy (non-hydrogen) atoms. The Morgan fingerprint density at radius 1 is 1.00 bits per heavy atom. The number of aromatic carboxylic acids is 1. The molecule has 2 aromatic rings. The summed E-state index contributed by atoms with van der Waals surface area (Å²) in [4.78, 5) is 26.4. The molecule has 0 radical (unpaired) electrons. The van der Waals surface area contributed by atoms with Crippen LogP contribution in [0.5, 0.6) is 17.2 Å². The first-order valence-corrected chi connectivity index (χ1v) is 13.2. The van der Waals surface area contributed by atoms with Crippen LogP contribution < -0.4 is 14.2 Å². The molecule has 0 spiro atoms. The maximum absolute atomic E-state index is 13.7. The molecular formula is C32H38O6. The van der Waals surface area contributed by atoms with E-state index in [1.165, 1.54) is 19.8 Å². The molecule has 4 rings (SSSR count). The minimum Gasteiger partial charge on any atom is -0.495 e. The van der Waals surface area contributed by atoms with Gasteiger partial charge in [0.25, 0.3) is 0 Å². The molecule has 0 aromatic heterocycles. The summed E-state index contributed by atoms with van der Waals surface area (Å²) < 4.78 is 18.2. The molecule has 2 aliphatic rings. The van der Waals surface area contributed by atoms with Gasteiger partial charge in [-0.3, -0.25) is 4.79 Å². The number of ketones is 1. The highest BCUT2D eigenvalue weighted by molar-refractivity contribution is 6.15. The predicted molar refractivity (Wildman–Crippen MR) is 148 cm³/mol. The summed E-state index contributed by atoms with van der Waals surface area (Å²) >= 11 is 0.